The van der Waals surface area contributed by atoms with E-state index in [1.807, 2.05) is 17.9 Å². The van der Waals surface area contributed by atoms with Crippen LogP contribution < -0.4 is 0 Å². The topological polar surface area (TPSA) is 58.4 Å². The summed E-state index contributed by atoms with van der Waals surface area (Å²) in [5.41, 5.74) is 2.39. The molecule has 116 valence electrons. The summed E-state index contributed by atoms with van der Waals surface area (Å²) in [6.45, 7) is 7.35. The van der Waals surface area contributed by atoms with Crippen LogP contribution in [0.4, 0.5) is 0 Å². The lowest BCUT2D eigenvalue weighted by atomic mass is 10.2. The lowest BCUT2D eigenvalue weighted by molar-refractivity contribution is 0.181. The molecule has 8 heteroatoms. The van der Waals surface area contributed by atoms with Gasteiger partial charge in [-0.05, 0) is 13.8 Å². The van der Waals surface area contributed by atoms with E-state index in [-0.39, 0.29) is 18.2 Å². The van der Waals surface area contributed by atoms with E-state index in [1.54, 1.807) is 11.2 Å². The minimum absolute atomic E-state index is 0. The summed E-state index contributed by atoms with van der Waals surface area (Å²) in [7, 11) is -1.10. The zero-order valence-electron chi connectivity index (χ0n) is 12.2. The molecule has 0 aliphatic carbocycles. The third kappa shape index (κ3) is 3.72. The molecule has 0 amide bonds. The van der Waals surface area contributed by atoms with Gasteiger partial charge in [-0.15, -0.1) is 12.4 Å². The van der Waals surface area contributed by atoms with Crippen LogP contribution in [0.2, 0.25) is 0 Å². The van der Waals surface area contributed by atoms with E-state index in [9.17, 15) is 8.42 Å². The largest absolute Gasteiger partial charge is 0.296 e. The van der Waals surface area contributed by atoms with Crippen LogP contribution in [0.3, 0.4) is 0 Å². The number of hydrogen-bond donors (Lipinski definition) is 0. The van der Waals surface area contributed by atoms with Gasteiger partial charge in [0.1, 0.15) is 0 Å². The molecule has 2 heterocycles. The Labute approximate surface area is 127 Å². The highest BCUT2D eigenvalue weighted by molar-refractivity contribution is 7.89. The van der Waals surface area contributed by atoms with Crippen LogP contribution >= 0.6 is 12.4 Å². The Morgan fingerprint density at radius 3 is 2.30 bits per heavy atom. The molecule has 0 atom stereocenters. The Balaban J connectivity index is 0.00000200. The van der Waals surface area contributed by atoms with Crippen molar-refractivity contribution in [1.29, 1.82) is 0 Å². The fourth-order valence-corrected chi connectivity index (χ4v) is 3.37. The van der Waals surface area contributed by atoms with Crippen LogP contribution in [-0.2, 0) is 23.6 Å². The summed E-state index contributed by atoms with van der Waals surface area (Å²) < 4.78 is 27.0. The normalized spacial score (nSPS) is 17.9. The van der Waals surface area contributed by atoms with Crippen molar-refractivity contribution in [3.05, 3.63) is 17.5 Å². The second kappa shape index (κ2) is 6.89. The van der Waals surface area contributed by atoms with E-state index in [0.717, 1.165) is 19.6 Å². The molecule has 0 saturated carbocycles. The molecular formula is C12H23ClN4O2S. The number of halogens is 1. The molecule has 0 spiro atoms. The van der Waals surface area contributed by atoms with Gasteiger partial charge in [-0.25, -0.2) is 8.42 Å². The molecule has 1 aliphatic heterocycles. The molecule has 6 nitrogen and oxygen atoms in total. The van der Waals surface area contributed by atoms with Crippen molar-refractivity contribution in [1.82, 2.24) is 19.0 Å². The van der Waals surface area contributed by atoms with Crippen molar-refractivity contribution in [3.8, 4) is 0 Å². The second-order valence-corrected chi connectivity index (χ2v) is 7.21. The van der Waals surface area contributed by atoms with E-state index in [2.05, 4.69) is 16.9 Å². The van der Waals surface area contributed by atoms with Crippen molar-refractivity contribution in [2.75, 3.05) is 31.9 Å². The Morgan fingerprint density at radius 2 is 1.85 bits per heavy atom. The van der Waals surface area contributed by atoms with Crippen LogP contribution in [0.15, 0.2) is 6.20 Å². The first kappa shape index (κ1) is 17.4. The molecule has 1 aromatic heterocycles. The van der Waals surface area contributed by atoms with Crippen molar-refractivity contribution >= 4 is 22.4 Å². The number of piperazine rings is 1. The SMILES string of the molecule is CCS(=O)(=O)N1CCN(Cc2cnn(C)c2C)CC1.Cl. The van der Waals surface area contributed by atoms with E-state index >= 15 is 0 Å². The highest BCUT2D eigenvalue weighted by atomic mass is 35.5. The Hall–Kier alpha value is -0.630. The zero-order valence-corrected chi connectivity index (χ0v) is 13.9. The van der Waals surface area contributed by atoms with Gasteiger partial charge in [-0.1, -0.05) is 0 Å². The summed E-state index contributed by atoms with van der Waals surface area (Å²) in [6.07, 6.45) is 1.89. The summed E-state index contributed by atoms with van der Waals surface area (Å²) in [5.74, 6) is 0.189. The molecule has 1 aromatic rings. The van der Waals surface area contributed by atoms with Gasteiger partial charge in [-0.3, -0.25) is 9.58 Å². The lowest BCUT2D eigenvalue weighted by Gasteiger charge is -2.33. The molecule has 1 fully saturated rings. The number of aromatic nitrogens is 2. The lowest BCUT2D eigenvalue weighted by Crippen LogP contribution is -2.48. The van der Waals surface area contributed by atoms with Crippen molar-refractivity contribution in [2.24, 2.45) is 7.05 Å². The van der Waals surface area contributed by atoms with E-state index in [1.165, 1.54) is 11.3 Å². The fourth-order valence-electron chi connectivity index (χ4n) is 2.29. The molecular weight excluding hydrogens is 300 g/mol. The Bertz CT molecular complexity index is 536. The quantitative estimate of drug-likeness (QED) is 0.815. The summed E-state index contributed by atoms with van der Waals surface area (Å²) in [5, 5.41) is 4.23. The monoisotopic (exact) mass is 322 g/mol. The molecule has 0 bridgehead atoms. The molecule has 1 aliphatic rings. The van der Waals surface area contributed by atoms with E-state index < -0.39 is 10.0 Å². The van der Waals surface area contributed by atoms with Crippen molar-refractivity contribution < 1.29 is 8.42 Å². The molecule has 0 unspecified atom stereocenters. The average molecular weight is 323 g/mol. The van der Waals surface area contributed by atoms with E-state index in [4.69, 9.17) is 0 Å². The minimum atomic E-state index is -3.03. The maximum atomic E-state index is 11.8. The molecule has 0 N–H and O–H groups in total. The minimum Gasteiger partial charge on any atom is -0.296 e. The predicted octanol–water partition coefficient (Wildman–Crippen LogP) is 0.618. The zero-order chi connectivity index (χ0) is 14.0. The summed E-state index contributed by atoms with van der Waals surface area (Å²) in [4.78, 5) is 2.28. The van der Waals surface area contributed by atoms with Gasteiger partial charge < -0.3 is 0 Å². The standard InChI is InChI=1S/C12H22N4O2S.ClH/c1-4-19(17,18)16-7-5-15(6-8-16)10-12-9-13-14(3)11(12)2;/h9H,4-8,10H2,1-3H3;1H. The number of sulfonamides is 1. The van der Waals surface area contributed by atoms with Crippen molar-refractivity contribution in [3.63, 3.8) is 0 Å². The molecule has 2 rings (SSSR count). The number of nitrogens with zero attached hydrogens (tertiary/aromatic N) is 4. The number of rotatable bonds is 4. The van der Waals surface area contributed by atoms with Crippen molar-refractivity contribution in [2.45, 2.75) is 20.4 Å². The van der Waals surface area contributed by atoms with Gasteiger partial charge >= 0.3 is 0 Å². The molecule has 0 radical (unpaired) electrons. The smallest absolute Gasteiger partial charge is 0.213 e. The van der Waals surface area contributed by atoms with Crippen LogP contribution in [0.1, 0.15) is 18.2 Å². The molecule has 20 heavy (non-hydrogen) atoms. The third-order valence-corrected chi connectivity index (χ3v) is 5.70. The van der Waals surface area contributed by atoms with E-state index in [0.29, 0.717) is 13.1 Å². The van der Waals surface area contributed by atoms with Crippen LogP contribution in [0.25, 0.3) is 0 Å². The predicted molar refractivity (Wildman–Crippen MR) is 81.5 cm³/mol. The fraction of sp³-hybridized carbons (Fsp3) is 0.750. The Morgan fingerprint density at radius 1 is 1.25 bits per heavy atom. The van der Waals surface area contributed by atoms with Crippen LogP contribution in [-0.4, -0.2) is 59.3 Å². The maximum absolute atomic E-state index is 11.8. The second-order valence-electron chi connectivity index (χ2n) is 4.95. The maximum Gasteiger partial charge on any atom is 0.213 e. The van der Waals surface area contributed by atoms with Gasteiger partial charge in [0.15, 0.2) is 0 Å². The van der Waals surface area contributed by atoms with Crippen LogP contribution in [0, 0.1) is 6.92 Å². The summed E-state index contributed by atoms with van der Waals surface area (Å²) in [6, 6.07) is 0. The van der Waals surface area contributed by atoms with Crippen LogP contribution in [0.5, 0.6) is 0 Å². The van der Waals surface area contributed by atoms with Gasteiger partial charge in [-0.2, -0.15) is 9.40 Å². The third-order valence-electron chi connectivity index (χ3n) is 3.82. The molecule has 1 saturated heterocycles. The van der Waals surface area contributed by atoms with Gasteiger partial charge in [0.2, 0.25) is 10.0 Å². The number of hydrogen-bond acceptors (Lipinski definition) is 4. The first-order valence-electron chi connectivity index (χ1n) is 6.61. The first-order chi connectivity index (χ1) is 8.94. The first-order valence-corrected chi connectivity index (χ1v) is 8.22. The summed E-state index contributed by atoms with van der Waals surface area (Å²) >= 11 is 0. The van der Waals surface area contributed by atoms with Gasteiger partial charge in [0.05, 0.1) is 11.9 Å². The highest BCUT2D eigenvalue weighted by Crippen LogP contribution is 2.13. The number of aryl methyl sites for hydroxylation is 1. The molecule has 0 aromatic carbocycles. The van der Waals surface area contributed by atoms with Gasteiger partial charge in [0.25, 0.3) is 0 Å². The van der Waals surface area contributed by atoms with Gasteiger partial charge in [0, 0.05) is 51.0 Å². The Kier molecular flexibility index (Phi) is 6.00. The highest BCUT2D eigenvalue weighted by Gasteiger charge is 2.25. The average Bonchev–Trinajstić information content (AvgIpc) is 2.71.